The largest absolute Gasteiger partial charge is 0.480 e. The van der Waals surface area contributed by atoms with Gasteiger partial charge in [0, 0.05) is 29.3 Å². The van der Waals surface area contributed by atoms with Crippen LogP contribution >= 0.6 is 23.1 Å². The van der Waals surface area contributed by atoms with E-state index >= 15 is 0 Å². The normalized spacial score (nSPS) is 11.6. The minimum Gasteiger partial charge on any atom is -0.480 e. The Morgan fingerprint density at radius 3 is 2.66 bits per heavy atom. The monoisotopic (exact) mass is 439 g/mol. The zero-order valence-electron chi connectivity index (χ0n) is 14.4. The van der Waals surface area contributed by atoms with Gasteiger partial charge >= 0.3 is 6.18 Å². The molecule has 8 nitrogen and oxygen atoms in total. The minimum atomic E-state index is -4.63. The number of ether oxygens (including phenoxy) is 1. The maximum atomic E-state index is 13.0. The predicted molar refractivity (Wildman–Crippen MR) is 100 cm³/mol. The lowest BCUT2D eigenvalue weighted by atomic mass is 10.2. The molecule has 0 fully saturated rings. The molecule has 13 heteroatoms. The Hall–Kier alpha value is -3.12. The molecule has 0 spiro atoms. The highest BCUT2D eigenvalue weighted by Crippen LogP contribution is 2.35. The number of anilines is 2. The second-order valence-corrected chi connectivity index (χ2v) is 6.92. The highest BCUT2D eigenvalue weighted by Gasteiger charge is 2.36. The number of nitrogens with zero attached hydrogens (tertiary/aromatic N) is 6. The molecule has 0 bridgehead atoms. The molecule has 29 heavy (non-hydrogen) atoms. The van der Waals surface area contributed by atoms with Gasteiger partial charge in [0.05, 0.1) is 18.5 Å². The molecular weight excluding hydrogens is 431 g/mol. The first kappa shape index (κ1) is 19.2. The lowest BCUT2D eigenvalue weighted by Crippen LogP contribution is -2.11. The van der Waals surface area contributed by atoms with Gasteiger partial charge in [0.2, 0.25) is 11.8 Å². The maximum absolute atomic E-state index is 13.0. The van der Waals surface area contributed by atoms with Gasteiger partial charge in [-0.15, -0.1) is 5.10 Å². The van der Waals surface area contributed by atoms with Gasteiger partial charge in [0.15, 0.2) is 5.65 Å². The average Bonchev–Trinajstić information content (AvgIpc) is 3.12. The van der Waals surface area contributed by atoms with Crippen LogP contribution < -0.4 is 10.1 Å². The van der Waals surface area contributed by atoms with E-state index in [0.717, 1.165) is 18.6 Å². The van der Waals surface area contributed by atoms with E-state index in [1.54, 1.807) is 18.2 Å². The molecule has 0 saturated carbocycles. The molecule has 4 aromatic rings. The molecule has 1 N–H and O–H groups in total. The molecule has 0 aliphatic heterocycles. The third-order valence-corrected chi connectivity index (χ3v) is 4.70. The molecule has 0 saturated heterocycles. The van der Waals surface area contributed by atoms with Gasteiger partial charge in [-0.3, -0.25) is 0 Å². The molecule has 0 unspecified atom stereocenters. The van der Waals surface area contributed by atoms with E-state index in [4.69, 9.17) is 16.3 Å². The van der Waals surface area contributed by atoms with Crippen LogP contribution in [0.25, 0.3) is 22.4 Å². The zero-order valence-corrected chi connectivity index (χ0v) is 16.0. The summed E-state index contributed by atoms with van der Waals surface area (Å²) in [6, 6.07) is 5.03. The van der Waals surface area contributed by atoms with E-state index in [-0.39, 0.29) is 5.95 Å². The van der Waals surface area contributed by atoms with Crippen molar-refractivity contribution in [1.82, 2.24) is 29.5 Å². The van der Waals surface area contributed by atoms with Crippen LogP contribution in [0.15, 0.2) is 30.6 Å². The lowest BCUT2D eigenvalue weighted by molar-refractivity contribution is -0.139. The molecule has 0 aliphatic rings. The number of fused-ring (bicyclic) bond motifs is 1. The topological polar surface area (TPSA) is 98.6 Å². The highest BCUT2D eigenvalue weighted by atomic mass is 35.5. The first-order valence-electron chi connectivity index (χ1n) is 7.86. The standard InChI is InChI=1S/C16H9ClF3N7OS/c1-28-14-8(16(18,19)20)6-22-15(25-14)24-9-4-5-21-13-7(9)2-3-10(23-13)11-12(17)29-27-26-11/h2-6H,1H3,(H,21,22,23,24,25). The smallest absolute Gasteiger partial charge is 0.423 e. The number of alkyl halides is 3. The fourth-order valence-electron chi connectivity index (χ4n) is 2.50. The van der Waals surface area contributed by atoms with E-state index in [0.29, 0.717) is 38.6 Å². The van der Waals surface area contributed by atoms with Crippen LogP contribution in [0.4, 0.5) is 24.8 Å². The number of pyridine rings is 2. The quantitative estimate of drug-likeness (QED) is 0.500. The van der Waals surface area contributed by atoms with Crippen LogP contribution in [-0.4, -0.2) is 36.6 Å². The van der Waals surface area contributed by atoms with E-state index < -0.39 is 17.6 Å². The third-order valence-electron chi connectivity index (χ3n) is 3.79. The zero-order chi connectivity index (χ0) is 20.6. The minimum absolute atomic E-state index is 0.0711. The Kier molecular flexibility index (Phi) is 4.88. The molecule has 0 aromatic carbocycles. The van der Waals surface area contributed by atoms with Gasteiger partial charge in [-0.1, -0.05) is 16.1 Å². The Balaban J connectivity index is 1.71. The van der Waals surface area contributed by atoms with Gasteiger partial charge in [0.1, 0.15) is 15.6 Å². The first-order valence-corrected chi connectivity index (χ1v) is 9.01. The molecule has 4 heterocycles. The number of hydrogen-bond donors (Lipinski definition) is 1. The molecule has 0 atom stereocenters. The van der Waals surface area contributed by atoms with E-state index in [1.165, 1.54) is 6.20 Å². The van der Waals surface area contributed by atoms with Gasteiger partial charge in [0.25, 0.3) is 0 Å². The number of halogens is 4. The summed E-state index contributed by atoms with van der Waals surface area (Å²) in [6.07, 6.45) is -2.48. The molecule has 0 aliphatic carbocycles. The van der Waals surface area contributed by atoms with Crippen LogP contribution in [0.5, 0.6) is 5.88 Å². The molecule has 148 valence electrons. The lowest BCUT2D eigenvalue weighted by Gasteiger charge is -2.13. The SMILES string of the molecule is COc1nc(Nc2ccnc3nc(-c4nnsc4Cl)ccc23)ncc1C(F)(F)F. The fourth-order valence-corrected chi connectivity index (χ4v) is 3.15. The number of aromatic nitrogens is 6. The van der Waals surface area contributed by atoms with Crippen LogP contribution in [0.2, 0.25) is 4.34 Å². The summed E-state index contributed by atoms with van der Waals surface area (Å²) < 4.78 is 47.8. The van der Waals surface area contributed by atoms with Crippen molar-refractivity contribution in [1.29, 1.82) is 0 Å². The number of rotatable bonds is 4. The van der Waals surface area contributed by atoms with Crippen molar-refractivity contribution >= 4 is 45.8 Å². The highest BCUT2D eigenvalue weighted by molar-refractivity contribution is 7.10. The van der Waals surface area contributed by atoms with E-state index in [1.807, 2.05) is 0 Å². The number of methoxy groups -OCH3 is 1. The molecule has 0 radical (unpaired) electrons. The first-order chi connectivity index (χ1) is 13.9. The fraction of sp³-hybridized carbons (Fsp3) is 0.125. The number of hydrogen-bond acceptors (Lipinski definition) is 9. The van der Waals surface area contributed by atoms with Crippen LogP contribution in [0.1, 0.15) is 5.56 Å². The van der Waals surface area contributed by atoms with Crippen LogP contribution in [-0.2, 0) is 6.18 Å². The molecule has 4 rings (SSSR count). The van der Waals surface area contributed by atoms with Gasteiger partial charge in [-0.25, -0.2) is 15.0 Å². The molecular formula is C16H9ClF3N7OS. The van der Waals surface area contributed by atoms with Gasteiger partial charge in [-0.2, -0.15) is 18.2 Å². The van der Waals surface area contributed by atoms with Crippen molar-refractivity contribution in [3.05, 3.63) is 40.5 Å². The summed E-state index contributed by atoms with van der Waals surface area (Å²) in [7, 11) is 1.10. The summed E-state index contributed by atoms with van der Waals surface area (Å²) in [5.74, 6) is -0.655. The van der Waals surface area contributed by atoms with Crippen molar-refractivity contribution in [2.45, 2.75) is 6.18 Å². The summed E-state index contributed by atoms with van der Waals surface area (Å²) in [5, 5.41) is 7.39. The summed E-state index contributed by atoms with van der Waals surface area (Å²) in [4.78, 5) is 16.1. The second kappa shape index (κ2) is 7.37. The van der Waals surface area contributed by atoms with E-state index in [2.05, 4.69) is 34.8 Å². The average molecular weight is 440 g/mol. The Morgan fingerprint density at radius 1 is 1.14 bits per heavy atom. The summed E-state index contributed by atoms with van der Waals surface area (Å²) in [6.45, 7) is 0. The van der Waals surface area contributed by atoms with Crippen molar-refractivity contribution < 1.29 is 17.9 Å². The van der Waals surface area contributed by atoms with Crippen molar-refractivity contribution in [3.8, 4) is 17.3 Å². The third kappa shape index (κ3) is 3.76. The summed E-state index contributed by atoms with van der Waals surface area (Å²) in [5.41, 5.74) is 0.738. The molecule has 0 amide bonds. The van der Waals surface area contributed by atoms with Crippen molar-refractivity contribution in [2.24, 2.45) is 0 Å². The molecule has 4 aromatic heterocycles. The summed E-state index contributed by atoms with van der Waals surface area (Å²) >= 11 is 7.09. The van der Waals surface area contributed by atoms with Crippen LogP contribution in [0.3, 0.4) is 0 Å². The van der Waals surface area contributed by atoms with Crippen LogP contribution in [0, 0.1) is 0 Å². The maximum Gasteiger partial charge on any atom is 0.423 e. The predicted octanol–water partition coefficient (Wildman–Crippen LogP) is 4.36. The Bertz CT molecular complexity index is 1200. The Labute approximate surface area is 169 Å². The van der Waals surface area contributed by atoms with Crippen molar-refractivity contribution in [2.75, 3.05) is 12.4 Å². The van der Waals surface area contributed by atoms with Crippen molar-refractivity contribution in [3.63, 3.8) is 0 Å². The van der Waals surface area contributed by atoms with E-state index in [9.17, 15) is 13.2 Å². The second-order valence-electron chi connectivity index (χ2n) is 5.56. The number of nitrogens with one attached hydrogen (secondary N) is 1. The Morgan fingerprint density at radius 2 is 1.97 bits per heavy atom. The van der Waals surface area contributed by atoms with Gasteiger partial charge < -0.3 is 10.1 Å². The van der Waals surface area contributed by atoms with Gasteiger partial charge in [-0.05, 0) is 18.2 Å².